The third kappa shape index (κ3) is 5.84. The highest BCUT2D eigenvalue weighted by atomic mass is 15.2. The van der Waals surface area contributed by atoms with Crippen LogP contribution in [0.5, 0.6) is 0 Å². The van der Waals surface area contributed by atoms with Gasteiger partial charge in [0.05, 0.1) is 27.9 Å². The van der Waals surface area contributed by atoms with E-state index in [-0.39, 0.29) is 20.1 Å². The van der Waals surface area contributed by atoms with E-state index in [1.807, 2.05) is 0 Å². The molecular formula is C78H47B3N6. The summed E-state index contributed by atoms with van der Waals surface area (Å²) in [5.41, 5.74) is 33.5. The molecule has 0 fully saturated rings. The first kappa shape index (κ1) is 46.3. The van der Waals surface area contributed by atoms with Crippen molar-refractivity contribution in [3.05, 3.63) is 285 Å². The second-order valence-electron chi connectivity index (χ2n) is 24.3. The van der Waals surface area contributed by atoms with Crippen LogP contribution < -0.4 is 68.8 Å². The lowest BCUT2D eigenvalue weighted by Gasteiger charge is -2.52. The van der Waals surface area contributed by atoms with E-state index in [1.165, 1.54) is 144 Å². The maximum Gasteiger partial charge on any atom is 0.252 e. The fourth-order valence-corrected chi connectivity index (χ4v) is 17.0. The summed E-state index contributed by atoms with van der Waals surface area (Å²) in [5.74, 6) is 0. The number of nitrogens with zero attached hydrogens (tertiary/aromatic N) is 6. The van der Waals surface area contributed by atoms with E-state index in [0.717, 1.165) is 28.4 Å². The number of aromatic nitrogens is 2. The van der Waals surface area contributed by atoms with Crippen LogP contribution in [0.25, 0.3) is 55.0 Å². The van der Waals surface area contributed by atoms with E-state index in [0.29, 0.717) is 0 Å². The SMILES string of the molecule is c1ccc(N(c2ccccc2)c2cc3c4c(c2)N2c5ccccc5B5c6ccccc6N6c7cc(-n8c9ccccc9c9ccccc98)cc8c7B(c7cc(c2c5c76)B4c2ccccc2N3c2ccccc2)c2cccc3c4ccccc4n-8c23)cc1. The maximum atomic E-state index is 2.72. The molecule has 8 heterocycles. The van der Waals surface area contributed by atoms with Crippen molar-refractivity contribution in [1.82, 2.24) is 9.13 Å². The largest absolute Gasteiger partial charge is 0.312 e. The Balaban J connectivity index is 0.931. The predicted octanol–water partition coefficient (Wildman–Crippen LogP) is 13.2. The van der Waals surface area contributed by atoms with Crippen LogP contribution in [-0.4, -0.2) is 29.3 Å². The van der Waals surface area contributed by atoms with Gasteiger partial charge in [0, 0.05) is 95.3 Å². The van der Waals surface area contributed by atoms with Crippen LogP contribution in [0.3, 0.4) is 0 Å². The molecule has 87 heavy (non-hydrogen) atoms. The Labute approximate surface area is 503 Å². The first-order chi connectivity index (χ1) is 43.2. The van der Waals surface area contributed by atoms with E-state index in [1.54, 1.807) is 0 Å². The average molecular weight is 1100 g/mol. The molecule has 0 atom stereocenters. The Hall–Kier alpha value is -11.1. The molecular weight excluding hydrogens is 1050 g/mol. The van der Waals surface area contributed by atoms with Crippen LogP contribution in [0.1, 0.15) is 0 Å². The molecule has 0 saturated heterocycles. The number of rotatable bonds is 5. The van der Waals surface area contributed by atoms with Gasteiger partial charge in [-0.3, -0.25) is 0 Å². The number of para-hydroxylation sites is 10. The second-order valence-corrected chi connectivity index (χ2v) is 24.3. The van der Waals surface area contributed by atoms with Gasteiger partial charge in [-0.05, 0) is 146 Å². The Morgan fingerprint density at radius 2 is 0.644 bits per heavy atom. The molecule has 21 rings (SSSR count). The van der Waals surface area contributed by atoms with Gasteiger partial charge in [0.2, 0.25) is 0 Å². The lowest BCUT2D eigenvalue weighted by molar-refractivity contribution is 1.13. The van der Waals surface area contributed by atoms with Crippen molar-refractivity contribution >= 4 is 181 Å². The van der Waals surface area contributed by atoms with E-state index in [2.05, 4.69) is 314 Å². The minimum absolute atomic E-state index is 0.0602. The number of benzene rings is 13. The smallest absolute Gasteiger partial charge is 0.252 e. The van der Waals surface area contributed by atoms with Gasteiger partial charge in [-0.25, -0.2) is 0 Å². The molecule has 0 unspecified atom stereocenters. The second kappa shape index (κ2) is 16.8. The van der Waals surface area contributed by atoms with E-state index >= 15 is 0 Å². The van der Waals surface area contributed by atoms with Crippen LogP contribution in [0.2, 0.25) is 0 Å². The maximum absolute atomic E-state index is 2.72. The third-order valence-electron chi connectivity index (χ3n) is 20.2. The lowest BCUT2D eigenvalue weighted by Crippen LogP contribution is -2.72. The quantitative estimate of drug-likeness (QED) is 0.160. The van der Waals surface area contributed by atoms with E-state index in [4.69, 9.17) is 0 Å². The monoisotopic (exact) mass is 1100 g/mol. The van der Waals surface area contributed by atoms with Crippen LogP contribution >= 0.6 is 0 Å². The minimum Gasteiger partial charge on any atom is -0.312 e. The van der Waals surface area contributed by atoms with Gasteiger partial charge in [-0.2, -0.15) is 0 Å². The summed E-state index contributed by atoms with van der Waals surface area (Å²) in [4.78, 5) is 10.4. The lowest BCUT2D eigenvalue weighted by atomic mass is 9.26. The zero-order chi connectivity index (χ0) is 56.3. The van der Waals surface area contributed by atoms with Gasteiger partial charge in [-0.15, -0.1) is 0 Å². The number of hydrogen-bond donors (Lipinski definition) is 0. The molecule has 9 heteroatoms. The molecule has 0 radical (unpaired) electrons. The van der Waals surface area contributed by atoms with Gasteiger partial charge in [0.1, 0.15) is 0 Å². The molecule has 0 bridgehead atoms. The molecule has 6 aliphatic rings. The summed E-state index contributed by atoms with van der Waals surface area (Å²) >= 11 is 0. The van der Waals surface area contributed by atoms with Crippen molar-refractivity contribution in [3.63, 3.8) is 0 Å². The topological polar surface area (TPSA) is 22.8 Å². The first-order valence-electron chi connectivity index (χ1n) is 30.4. The third-order valence-corrected chi connectivity index (χ3v) is 20.2. The van der Waals surface area contributed by atoms with Gasteiger partial charge < -0.3 is 28.7 Å². The van der Waals surface area contributed by atoms with Crippen LogP contribution in [0.15, 0.2) is 285 Å². The number of fused-ring (bicyclic) bond motifs is 20. The van der Waals surface area contributed by atoms with Crippen molar-refractivity contribution in [3.8, 4) is 11.4 Å². The molecule has 0 amide bonds. The predicted molar refractivity (Wildman–Crippen MR) is 368 cm³/mol. The zero-order valence-electron chi connectivity index (χ0n) is 47.1. The molecule has 0 aliphatic carbocycles. The van der Waals surface area contributed by atoms with E-state index < -0.39 is 0 Å². The molecule has 0 N–H and O–H groups in total. The normalized spacial score (nSPS) is 13.8. The van der Waals surface area contributed by atoms with Crippen molar-refractivity contribution in [2.24, 2.45) is 0 Å². The molecule has 0 saturated carbocycles. The van der Waals surface area contributed by atoms with Crippen LogP contribution in [-0.2, 0) is 0 Å². The standard InChI is InChI=1S/C78H47B3N6/c1-4-23-48(24-5-1)82(49-25-6-2-7-26-49)51-43-69-73-71(44-51)86-67-41-20-14-34-58(67)79-59-35-15-21-42-68(59)87-72-46-52(84-63-37-16-10-29-53(63)54-30-11-17-38-64(54)84)45-70-74(72)81(60-36-22-32-56-55-31-12-18-39-65(55)85(70)76(56)60)62-47-61(77(86)75(79)78(62)87)80(73)57-33-13-19-40-66(57)83(69)50-27-8-3-9-28-50/h1-47H. The average Bonchev–Trinajstić information content (AvgIpc) is 0.979. The summed E-state index contributed by atoms with van der Waals surface area (Å²) in [7, 11) is 0. The molecule has 2 aromatic heterocycles. The van der Waals surface area contributed by atoms with Crippen molar-refractivity contribution < 1.29 is 0 Å². The summed E-state index contributed by atoms with van der Waals surface area (Å²) in [5, 5.41) is 5.06. The highest BCUT2D eigenvalue weighted by Gasteiger charge is 2.55. The van der Waals surface area contributed by atoms with Gasteiger partial charge in [0.15, 0.2) is 0 Å². The Morgan fingerprint density at radius 3 is 1.23 bits per heavy atom. The minimum atomic E-state index is -0.115. The molecule has 6 nitrogen and oxygen atoms in total. The Bertz CT molecular complexity index is 5450. The van der Waals surface area contributed by atoms with E-state index in [9.17, 15) is 0 Å². The summed E-state index contributed by atoms with van der Waals surface area (Å²) in [6, 6.07) is 108. The molecule has 15 aromatic rings. The van der Waals surface area contributed by atoms with Gasteiger partial charge in [0.25, 0.3) is 20.1 Å². The molecule has 0 spiro atoms. The highest BCUT2D eigenvalue weighted by Crippen LogP contribution is 2.52. The summed E-state index contributed by atoms with van der Waals surface area (Å²) in [6.07, 6.45) is 0. The fourth-order valence-electron chi connectivity index (χ4n) is 17.0. The number of anilines is 12. The molecule has 6 aliphatic heterocycles. The van der Waals surface area contributed by atoms with Crippen molar-refractivity contribution in [1.29, 1.82) is 0 Å². The van der Waals surface area contributed by atoms with Gasteiger partial charge >= 0.3 is 0 Å². The summed E-state index contributed by atoms with van der Waals surface area (Å²) in [6.45, 7) is -0.272. The first-order valence-corrected chi connectivity index (χ1v) is 30.4. The number of hydrogen-bond acceptors (Lipinski definition) is 4. The Kier molecular flexibility index (Phi) is 8.94. The Morgan fingerprint density at radius 1 is 0.241 bits per heavy atom. The molecule has 398 valence electrons. The van der Waals surface area contributed by atoms with Gasteiger partial charge in [-0.1, -0.05) is 188 Å². The van der Waals surface area contributed by atoms with Crippen LogP contribution in [0, 0.1) is 0 Å². The molecule has 13 aromatic carbocycles. The van der Waals surface area contributed by atoms with Crippen molar-refractivity contribution in [2.75, 3.05) is 19.6 Å². The highest BCUT2D eigenvalue weighted by molar-refractivity contribution is 7.07. The summed E-state index contributed by atoms with van der Waals surface area (Å²) < 4.78 is 5.16. The fraction of sp³-hybridized carbons (Fsp3) is 0. The van der Waals surface area contributed by atoms with Crippen LogP contribution in [0.4, 0.5) is 68.2 Å². The van der Waals surface area contributed by atoms with Crippen molar-refractivity contribution in [2.45, 2.75) is 0 Å². The zero-order valence-corrected chi connectivity index (χ0v) is 47.1.